The molecule has 3 rings (SSSR count). The molecule has 0 saturated carbocycles. The first-order valence-corrected chi connectivity index (χ1v) is 8.30. The van der Waals surface area contributed by atoms with Crippen LogP contribution < -0.4 is 10.6 Å². The molecule has 7 heteroatoms. The molecule has 0 fully saturated rings. The second-order valence-electron chi connectivity index (χ2n) is 5.89. The third-order valence-corrected chi connectivity index (χ3v) is 3.67. The molecule has 0 saturated heterocycles. The van der Waals surface area contributed by atoms with E-state index in [0.717, 1.165) is 5.56 Å². The highest BCUT2D eigenvalue weighted by Gasteiger charge is 2.10. The minimum Gasteiger partial charge on any atom is -0.394 e. The van der Waals surface area contributed by atoms with Gasteiger partial charge in [-0.3, -0.25) is 4.98 Å². The summed E-state index contributed by atoms with van der Waals surface area (Å²) >= 11 is 0. The number of nitrogens with zero attached hydrogens (tertiary/aromatic N) is 3. The standard InChI is InChI=1S/C19H20FN5O/c1-13(12-26)23-19-24-17(16-7-2-3-8-21-16)10-18(25-19)22-11-14-5-4-6-15(20)9-14/h2-10,13,26H,11-12H2,1H3,(H2,22,23,24,25)/t13-/m1/s1. The lowest BCUT2D eigenvalue weighted by Crippen LogP contribution is -2.21. The topological polar surface area (TPSA) is 83.0 Å². The van der Waals surface area contributed by atoms with Gasteiger partial charge in [0.15, 0.2) is 0 Å². The fourth-order valence-corrected chi connectivity index (χ4v) is 2.35. The van der Waals surface area contributed by atoms with Crippen LogP contribution in [0.15, 0.2) is 54.7 Å². The van der Waals surface area contributed by atoms with Crippen LogP contribution in [0.1, 0.15) is 12.5 Å². The fraction of sp³-hybridized carbons (Fsp3) is 0.211. The van der Waals surface area contributed by atoms with E-state index in [4.69, 9.17) is 0 Å². The van der Waals surface area contributed by atoms with E-state index < -0.39 is 0 Å². The van der Waals surface area contributed by atoms with Gasteiger partial charge in [-0.15, -0.1) is 0 Å². The van der Waals surface area contributed by atoms with E-state index in [9.17, 15) is 9.50 Å². The maximum atomic E-state index is 13.3. The van der Waals surface area contributed by atoms with Crippen LogP contribution in [-0.2, 0) is 6.54 Å². The van der Waals surface area contributed by atoms with E-state index >= 15 is 0 Å². The first-order chi connectivity index (χ1) is 12.6. The third-order valence-electron chi connectivity index (χ3n) is 3.67. The van der Waals surface area contributed by atoms with Gasteiger partial charge in [0.25, 0.3) is 0 Å². The second-order valence-corrected chi connectivity index (χ2v) is 5.89. The van der Waals surface area contributed by atoms with Crippen LogP contribution >= 0.6 is 0 Å². The summed E-state index contributed by atoms with van der Waals surface area (Å²) in [6.45, 7) is 2.21. The van der Waals surface area contributed by atoms with Crippen LogP contribution in [0.4, 0.5) is 16.2 Å². The van der Waals surface area contributed by atoms with Crippen LogP contribution in [-0.4, -0.2) is 32.7 Å². The SMILES string of the molecule is C[C@H](CO)Nc1nc(NCc2cccc(F)c2)cc(-c2ccccn2)n1. The van der Waals surface area contributed by atoms with Gasteiger partial charge in [-0.1, -0.05) is 18.2 Å². The number of aliphatic hydroxyl groups is 1. The van der Waals surface area contributed by atoms with Crippen molar-refractivity contribution in [3.05, 3.63) is 66.1 Å². The van der Waals surface area contributed by atoms with E-state index in [2.05, 4.69) is 25.6 Å². The van der Waals surface area contributed by atoms with Gasteiger partial charge in [0.2, 0.25) is 5.95 Å². The number of anilines is 2. The number of halogens is 1. The third kappa shape index (κ3) is 4.73. The van der Waals surface area contributed by atoms with Gasteiger partial charge >= 0.3 is 0 Å². The molecule has 0 aliphatic heterocycles. The minimum absolute atomic E-state index is 0.0385. The highest BCUT2D eigenvalue weighted by atomic mass is 19.1. The van der Waals surface area contributed by atoms with Gasteiger partial charge < -0.3 is 15.7 Å². The Hall–Kier alpha value is -3.06. The van der Waals surface area contributed by atoms with Crippen molar-refractivity contribution in [3.63, 3.8) is 0 Å². The Labute approximate surface area is 151 Å². The van der Waals surface area contributed by atoms with E-state index in [-0.39, 0.29) is 18.5 Å². The number of nitrogens with one attached hydrogen (secondary N) is 2. The van der Waals surface area contributed by atoms with E-state index in [1.54, 1.807) is 18.3 Å². The lowest BCUT2D eigenvalue weighted by molar-refractivity contribution is 0.281. The maximum Gasteiger partial charge on any atom is 0.225 e. The van der Waals surface area contributed by atoms with Crippen LogP contribution in [0.3, 0.4) is 0 Å². The summed E-state index contributed by atoms with van der Waals surface area (Å²) in [5, 5.41) is 15.5. The molecule has 1 atom stereocenters. The molecular formula is C19H20FN5O. The molecule has 6 nitrogen and oxygen atoms in total. The van der Waals surface area contributed by atoms with Crippen LogP contribution in [0.25, 0.3) is 11.4 Å². The molecule has 0 aliphatic rings. The Kier molecular flexibility index (Phi) is 5.70. The predicted octanol–water partition coefficient (Wildman–Crippen LogP) is 3.08. The number of hydrogen-bond donors (Lipinski definition) is 3. The number of hydrogen-bond acceptors (Lipinski definition) is 6. The zero-order valence-electron chi connectivity index (χ0n) is 14.4. The van der Waals surface area contributed by atoms with Crippen LogP contribution in [0, 0.1) is 5.82 Å². The van der Waals surface area contributed by atoms with Gasteiger partial charge in [-0.25, -0.2) is 9.37 Å². The number of aromatic nitrogens is 3. The van der Waals surface area contributed by atoms with Gasteiger partial charge in [-0.05, 0) is 36.8 Å². The van der Waals surface area contributed by atoms with E-state index in [1.807, 2.05) is 31.2 Å². The van der Waals surface area contributed by atoms with Gasteiger partial charge in [-0.2, -0.15) is 4.98 Å². The van der Waals surface area contributed by atoms with E-state index in [1.165, 1.54) is 12.1 Å². The van der Waals surface area contributed by atoms with Crippen molar-refractivity contribution >= 4 is 11.8 Å². The van der Waals surface area contributed by atoms with Gasteiger partial charge in [0, 0.05) is 24.8 Å². The smallest absolute Gasteiger partial charge is 0.225 e. The summed E-state index contributed by atoms with van der Waals surface area (Å²) in [5.41, 5.74) is 2.17. The summed E-state index contributed by atoms with van der Waals surface area (Å²) in [7, 11) is 0. The molecule has 134 valence electrons. The maximum absolute atomic E-state index is 13.3. The lowest BCUT2D eigenvalue weighted by Gasteiger charge is -2.14. The summed E-state index contributed by atoms with van der Waals surface area (Å²) in [6.07, 6.45) is 1.70. The highest BCUT2D eigenvalue weighted by molar-refractivity contribution is 5.61. The zero-order chi connectivity index (χ0) is 18.4. The number of rotatable bonds is 7. The molecule has 0 spiro atoms. The number of pyridine rings is 1. The molecular weight excluding hydrogens is 333 g/mol. The molecule has 0 unspecified atom stereocenters. The van der Waals surface area contributed by atoms with Crippen molar-refractivity contribution in [2.45, 2.75) is 19.5 Å². The minimum atomic E-state index is -0.278. The van der Waals surface area contributed by atoms with Gasteiger partial charge in [0.05, 0.1) is 18.0 Å². The molecule has 2 aromatic heterocycles. The van der Waals surface area contributed by atoms with Crippen LogP contribution in [0.5, 0.6) is 0 Å². The normalized spacial score (nSPS) is 11.8. The largest absolute Gasteiger partial charge is 0.394 e. The molecule has 26 heavy (non-hydrogen) atoms. The number of aliphatic hydroxyl groups excluding tert-OH is 1. The summed E-state index contributed by atoms with van der Waals surface area (Å²) < 4.78 is 13.3. The zero-order valence-corrected chi connectivity index (χ0v) is 14.4. The van der Waals surface area contributed by atoms with Crippen molar-refractivity contribution in [2.24, 2.45) is 0 Å². The predicted molar refractivity (Wildman–Crippen MR) is 99.2 cm³/mol. The Morgan fingerprint density at radius 1 is 1.08 bits per heavy atom. The first kappa shape index (κ1) is 17.8. The van der Waals surface area contributed by atoms with Crippen molar-refractivity contribution < 1.29 is 9.50 Å². The molecule has 1 aromatic carbocycles. The molecule has 0 radical (unpaired) electrons. The Morgan fingerprint density at radius 3 is 2.69 bits per heavy atom. The Balaban J connectivity index is 1.86. The van der Waals surface area contributed by atoms with Crippen molar-refractivity contribution in [1.82, 2.24) is 15.0 Å². The second kappa shape index (κ2) is 8.35. The summed E-state index contributed by atoms with van der Waals surface area (Å²) in [4.78, 5) is 13.2. The van der Waals surface area contributed by atoms with Crippen molar-refractivity contribution in [2.75, 3.05) is 17.2 Å². The first-order valence-electron chi connectivity index (χ1n) is 8.30. The highest BCUT2D eigenvalue weighted by Crippen LogP contribution is 2.20. The molecule has 3 N–H and O–H groups in total. The summed E-state index contributed by atoms with van der Waals surface area (Å²) in [5.74, 6) is 0.689. The lowest BCUT2D eigenvalue weighted by atomic mass is 10.2. The Bertz CT molecular complexity index is 860. The van der Waals surface area contributed by atoms with Gasteiger partial charge in [0.1, 0.15) is 11.6 Å². The fourth-order valence-electron chi connectivity index (χ4n) is 2.35. The van der Waals surface area contributed by atoms with Crippen LogP contribution in [0.2, 0.25) is 0 Å². The van der Waals surface area contributed by atoms with E-state index in [0.29, 0.717) is 29.7 Å². The van der Waals surface area contributed by atoms with Crippen molar-refractivity contribution in [1.29, 1.82) is 0 Å². The molecule has 0 bridgehead atoms. The molecule has 2 heterocycles. The molecule has 3 aromatic rings. The average molecular weight is 353 g/mol. The summed E-state index contributed by atoms with van der Waals surface area (Å²) in [6, 6.07) is 13.6. The quantitative estimate of drug-likeness (QED) is 0.605. The molecule has 0 aliphatic carbocycles. The average Bonchev–Trinajstić information content (AvgIpc) is 2.67. The number of benzene rings is 1. The molecule has 0 amide bonds. The monoisotopic (exact) mass is 353 g/mol. The Morgan fingerprint density at radius 2 is 1.96 bits per heavy atom. The van der Waals surface area contributed by atoms with Crippen molar-refractivity contribution in [3.8, 4) is 11.4 Å².